The molecule has 0 saturated heterocycles. The first-order valence-corrected chi connectivity index (χ1v) is 6.95. The van der Waals surface area contributed by atoms with Gasteiger partial charge in [-0.15, -0.1) is 0 Å². The Hall–Kier alpha value is -0.960. The number of fused-ring (bicyclic) bond motifs is 1. The Kier molecular flexibility index (Phi) is 2.22. The van der Waals surface area contributed by atoms with E-state index < -0.39 is 0 Å². The van der Waals surface area contributed by atoms with Crippen LogP contribution in [0.4, 0.5) is 0 Å². The van der Waals surface area contributed by atoms with E-state index in [1.54, 1.807) is 0 Å². The fourth-order valence-corrected chi connectivity index (χ4v) is 2.73. The Labute approximate surface area is 102 Å². The molecule has 90 valence electrons. The van der Waals surface area contributed by atoms with Crippen molar-refractivity contribution in [2.45, 2.75) is 44.6 Å². The van der Waals surface area contributed by atoms with Crippen molar-refractivity contribution in [1.82, 2.24) is 14.9 Å². The molecule has 1 aromatic heterocycles. The van der Waals surface area contributed by atoms with Gasteiger partial charge in [0.15, 0.2) is 0 Å². The summed E-state index contributed by atoms with van der Waals surface area (Å²) in [5.41, 5.74) is 2.70. The van der Waals surface area contributed by atoms with Gasteiger partial charge in [-0.2, -0.15) is 0 Å². The number of hydrogen-bond acceptors (Lipinski definition) is 3. The lowest BCUT2D eigenvalue weighted by molar-refractivity contribution is 0.239. The molecule has 0 atom stereocenters. The molecule has 2 aliphatic carbocycles. The molecule has 0 aromatic carbocycles. The molecule has 0 unspecified atom stereocenters. The molecular formula is C14H19N3. The molecule has 0 radical (unpaired) electrons. The second-order valence-electron chi connectivity index (χ2n) is 5.90. The van der Waals surface area contributed by atoms with Gasteiger partial charge in [0.05, 0.1) is 5.69 Å². The van der Waals surface area contributed by atoms with Crippen molar-refractivity contribution in [1.29, 1.82) is 0 Å². The number of hydrogen-bond donors (Lipinski definition) is 0. The van der Waals surface area contributed by atoms with Gasteiger partial charge in [0.25, 0.3) is 0 Å². The number of nitrogens with zero attached hydrogens (tertiary/aromatic N) is 3. The van der Waals surface area contributed by atoms with Gasteiger partial charge in [0, 0.05) is 31.7 Å². The summed E-state index contributed by atoms with van der Waals surface area (Å²) in [6.07, 6.45) is 8.72. The van der Waals surface area contributed by atoms with Crippen LogP contribution in [-0.4, -0.2) is 28.0 Å². The predicted octanol–water partition coefficient (Wildman–Crippen LogP) is 2.12. The highest BCUT2D eigenvalue weighted by molar-refractivity contribution is 5.22. The first kappa shape index (κ1) is 10.0. The van der Waals surface area contributed by atoms with Crippen molar-refractivity contribution in [3.63, 3.8) is 0 Å². The van der Waals surface area contributed by atoms with E-state index in [0.29, 0.717) is 5.92 Å². The second kappa shape index (κ2) is 3.77. The maximum Gasteiger partial charge on any atom is 0.131 e. The molecule has 0 amide bonds. The Morgan fingerprint density at radius 2 is 2.12 bits per heavy atom. The molecule has 0 N–H and O–H groups in total. The van der Waals surface area contributed by atoms with Gasteiger partial charge in [-0.1, -0.05) is 0 Å². The molecule has 2 fully saturated rings. The van der Waals surface area contributed by atoms with E-state index in [1.165, 1.54) is 50.0 Å². The van der Waals surface area contributed by atoms with Crippen LogP contribution in [0.5, 0.6) is 0 Å². The van der Waals surface area contributed by atoms with E-state index >= 15 is 0 Å². The molecular weight excluding hydrogens is 210 g/mol. The molecule has 2 heterocycles. The fraction of sp³-hybridized carbons (Fsp3) is 0.714. The largest absolute Gasteiger partial charge is 0.297 e. The summed E-state index contributed by atoms with van der Waals surface area (Å²) < 4.78 is 0. The van der Waals surface area contributed by atoms with Crippen LogP contribution in [0.1, 0.15) is 48.7 Å². The minimum atomic E-state index is 0.680. The maximum atomic E-state index is 4.80. The summed E-state index contributed by atoms with van der Waals surface area (Å²) in [7, 11) is 0. The van der Waals surface area contributed by atoms with Gasteiger partial charge in [0.2, 0.25) is 0 Å². The zero-order valence-corrected chi connectivity index (χ0v) is 10.2. The van der Waals surface area contributed by atoms with Gasteiger partial charge < -0.3 is 0 Å². The fourth-order valence-electron chi connectivity index (χ4n) is 2.73. The minimum Gasteiger partial charge on any atom is -0.297 e. The van der Waals surface area contributed by atoms with E-state index in [-0.39, 0.29) is 0 Å². The van der Waals surface area contributed by atoms with Crippen molar-refractivity contribution in [3.8, 4) is 0 Å². The van der Waals surface area contributed by atoms with Crippen LogP contribution in [0.25, 0.3) is 0 Å². The third-order valence-corrected chi connectivity index (χ3v) is 4.20. The summed E-state index contributed by atoms with van der Waals surface area (Å²) in [5, 5.41) is 0. The van der Waals surface area contributed by atoms with E-state index in [2.05, 4.69) is 16.1 Å². The van der Waals surface area contributed by atoms with Crippen LogP contribution < -0.4 is 0 Å². The lowest BCUT2D eigenvalue weighted by atomic mass is 10.1. The average Bonchev–Trinajstić information content (AvgIpc) is 3.21. The lowest BCUT2D eigenvalue weighted by Crippen LogP contribution is -2.33. The van der Waals surface area contributed by atoms with Gasteiger partial charge >= 0.3 is 0 Å². The van der Waals surface area contributed by atoms with Crippen LogP contribution in [0.15, 0.2) is 6.20 Å². The number of rotatable bonds is 3. The van der Waals surface area contributed by atoms with Crippen LogP contribution in [0.2, 0.25) is 0 Å². The molecule has 3 aliphatic rings. The van der Waals surface area contributed by atoms with E-state index in [4.69, 9.17) is 4.98 Å². The van der Waals surface area contributed by atoms with Gasteiger partial charge in [0.1, 0.15) is 5.82 Å². The summed E-state index contributed by atoms with van der Waals surface area (Å²) in [5.74, 6) is 2.78. The van der Waals surface area contributed by atoms with Crippen LogP contribution in [0, 0.1) is 5.92 Å². The summed E-state index contributed by atoms with van der Waals surface area (Å²) >= 11 is 0. The molecule has 2 saturated carbocycles. The molecule has 3 nitrogen and oxygen atoms in total. The third-order valence-electron chi connectivity index (χ3n) is 4.20. The van der Waals surface area contributed by atoms with Crippen molar-refractivity contribution in [3.05, 3.63) is 23.3 Å². The van der Waals surface area contributed by atoms with E-state index in [0.717, 1.165) is 24.7 Å². The maximum absolute atomic E-state index is 4.80. The first-order valence-electron chi connectivity index (χ1n) is 6.95. The predicted molar refractivity (Wildman–Crippen MR) is 65.7 cm³/mol. The van der Waals surface area contributed by atoms with Gasteiger partial charge in [-0.25, -0.2) is 9.97 Å². The molecule has 1 aliphatic heterocycles. The average molecular weight is 229 g/mol. The van der Waals surface area contributed by atoms with Gasteiger partial charge in [-0.3, -0.25) is 4.90 Å². The summed E-state index contributed by atoms with van der Waals surface area (Å²) in [6, 6.07) is 0. The second-order valence-corrected chi connectivity index (χ2v) is 5.90. The minimum absolute atomic E-state index is 0.680. The van der Waals surface area contributed by atoms with Crippen molar-refractivity contribution < 1.29 is 0 Å². The molecule has 1 aromatic rings. The van der Waals surface area contributed by atoms with Crippen molar-refractivity contribution >= 4 is 0 Å². The standard InChI is InChI=1S/C14H19N3/c1-2-10(1)8-17-6-5-12-7-15-14(11-3-4-11)16-13(12)9-17/h7,10-11H,1-6,8-9H2. The monoisotopic (exact) mass is 229 g/mol. The Bertz CT molecular complexity index is 435. The molecule has 3 heteroatoms. The zero-order valence-electron chi connectivity index (χ0n) is 10.2. The quantitative estimate of drug-likeness (QED) is 0.795. The summed E-state index contributed by atoms with van der Waals surface area (Å²) in [4.78, 5) is 11.9. The van der Waals surface area contributed by atoms with Crippen LogP contribution in [-0.2, 0) is 13.0 Å². The zero-order chi connectivity index (χ0) is 11.2. The number of aromatic nitrogens is 2. The third kappa shape index (κ3) is 2.08. The van der Waals surface area contributed by atoms with Crippen LogP contribution >= 0.6 is 0 Å². The van der Waals surface area contributed by atoms with Gasteiger partial charge in [-0.05, 0) is 43.6 Å². The first-order chi connectivity index (χ1) is 8.38. The highest BCUT2D eigenvalue weighted by Gasteiger charge is 2.29. The highest BCUT2D eigenvalue weighted by atomic mass is 15.1. The lowest BCUT2D eigenvalue weighted by Gasteiger charge is -2.27. The molecule has 0 spiro atoms. The van der Waals surface area contributed by atoms with E-state index in [9.17, 15) is 0 Å². The highest BCUT2D eigenvalue weighted by Crippen LogP contribution is 2.38. The molecule has 0 bridgehead atoms. The SMILES string of the molecule is c1nc(C2CC2)nc2c1CCN(CC1CC1)C2. The molecule has 4 rings (SSSR count). The normalized spacial score (nSPS) is 24.7. The van der Waals surface area contributed by atoms with Crippen LogP contribution in [0.3, 0.4) is 0 Å². The Morgan fingerprint density at radius 1 is 1.24 bits per heavy atom. The van der Waals surface area contributed by atoms with Crippen molar-refractivity contribution in [2.75, 3.05) is 13.1 Å². The molecule has 17 heavy (non-hydrogen) atoms. The smallest absolute Gasteiger partial charge is 0.131 e. The Morgan fingerprint density at radius 3 is 2.88 bits per heavy atom. The summed E-state index contributed by atoms with van der Waals surface area (Å²) in [6.45, 7) is 3.56. The Balaban J connectivity index is 1.54. The van der Waals surface area contributed by atoms with E-state index in [1.807, 2.05) is 0 Å². The topological polar surface area (TPSA) is 29.0 Å². The van der Waals surface area contributed by atoms with Crippen molar-refractivity contribution in [2.24, 2.45) is 5.92 Å².